The summed E-state index contributed by atoms with van der Waals surface area (Å²) in [6.07, 6.45) is 7.08. The third-order valence-electron chi connectivity index (χ3n) is 4.52. The molecule has 2 rings (SSSR count). The van der Waals surface area contributed by atoms with Crippen LogP contribution in [0.1, 0.15) is 45.4 Å². The van der Waals surface area contributed by atoms with Crippen molar-refractivity contribution in [2.24, 2.45) is 5.92 Å². The number of carbonyl (C=O) groups excluding carboxylic acids is 1. The van der Waals surface area contributed by atoms with Gasteiger partial charge in [0.15, 0.2) is 0 Å². The molecular weight excluding hydrogens is 228 g/mol. The van der Waals surface area contributed by atoms with Gasteiger partial charge >= 0.3 is 6.03 Å². The first-order valence-electron chi connectivity index (χ1n) is 7.31. The molecule has 1 saturated heterocycles. The number of nitrogens with zero attached hydrogens (tertiary/aromatic N) is 1. The highest BCUT2D eigenvalue weighted by molar-refractivity contribution is 5.74. The number of hydrogen-bond donors (Lipinski definition) is 1. The predicted molar refractivity (Wildman–Crippen MR) is 71.6 cm³/mol. The van der Waals surface area contributed by atoms with Gasteiger partial charge in [-0.3, -0.25) is 0 Å². The minimum Gasteiger partial charge on any atom is -0.379 e. The Bertz CT molecular complexity index is 269. The molecule has 2 aliphatic rings. The molecule has 0 bridgehead atoms. The van der Waals surface area contributed by atoms with Crippen molar-refractivity contribution in [2.75, 3.05) is 20.3 Å². The second-order valence-corrected chi connectivity index (χ2v) is 5.70. The van der Waals surface area contributed by atoms with Crippen molar-refractivity contribution in [1.82, 2.24) is 10.2 Å². The Hall–Kier alpha value is -0.770. The third kappa shape index (κ3) is 3.37. The summed E-state index contributed by atoms with van der Waals surface area (Å²) in [4.78, 5) is 14.0. The van der Waals surface area contributed by atoms with Crippen LogP contribution in [0, 0.1) is 5.92 Å². The van der Waals surface area contributed by atoms with E-state index in [9.17, 15) is 4.79 Å². The van der Waals surface area contributed by atoms with Gasteiger partial charge < -0.3 is 15.0 Å². The van der Waals surface area contributed by atoms with Crippen molar-refractivity contribution in [2.45, 2.75) is 57.5 Å². The van der Waals surface area contributed by atoms with Crippen LogP contribution >= 0.6 is 0 Å². The van der Waals surface area contributed by atoms with Gasteiger partial charge in [-0.15, -0.1) is 0 Å². The summed E-state index contributed by atoms with van der Waals surface area (Å²) < 4.78 is 5.28. The highest BCUT2D eigenvalue weighted by Crippen LogP contribution is 2.28. The predicted octanol–water partition coefficient (Wildman–Crippen LogP) is 2.39. The summed E-state index contributed by atoms with van der Waals surface area (Å²) in [6.45, 7) is 3.71. The second kappa shape index (κ2) is 6.41. The van der Waals surface area contributed by atoms with Crippen LogP contribution in [0.3, 0.4) is 0 Å². The molecule has 18 heavy (non-hydrogen) atoms. The molecule has 4 heteroatoms. The van der Waals surface area contributed by atoms with Gasteiger partial charge in [0, 0.05) is 19.7 Å². The zero-order valence-electron chi connectivity index (χ0n) is 11.7. The fourth-order valence-corrected chi connectivity index (χ4v) is 3.03. The average molecular weight is 254 g/mol. The maximum atomic E-state index is 12.1. The molecule has 1 saturated carbocycles. The van der Waals surface area contributed by atoms with E-state index < -0.39 is 0 Å². The van der Waals surface area contributed by atoms with Crippen molar-refractivity contribution in [3.63, 3.8) is 0 Å². The summed E-state index contributed by atoms with van der Waals surface area (Å²) in [6, 6.07) is 0.715. The SMILES string of the molecule is CCC1CCC(N(C)C(=O)NC2CCOC2)CC1. The Kier molecular flexibility index (Phi) is 4.87. The normalized spacial score (nSPS) is 32.2. The number of ether oxygens (including phenoxy) is 1. The quantitative estimate of drug-likeness (QED) is 0.840. The topological polar surface area (TPSA) is 41.6 Å². The molecule has 1 aliphatic carbocycles. The first kappa shape index (κ1) is 13.7. The molecule has 1 atom stereocenters. The van der Waals surface area contributed by atoms with Crippen LogP contribution in [0.15, 0.2) is 0 Å². The lowest BCUT2D eigenvalue weighted by Gasteiger charge is -2.34. The number of urea groups is 1. The number of amides is 2. The largest absolute Gasteiger partial charge is 0.379 e. The lowest BCUT2D eigenvalue weighted by molar-refractivity contribution is 0.153. The van der Waals surface area contributed by atoms with Crippen LogP contribution in [0.4, 0.5) is 4.79 Å². The Balaban J connectivity index is 1.76. The van der Waals surface area contributed by atoms with Gasteiger partial charge in [0.25, 0.3) is 0 Å². The molecule has 1 N–H and O–H groups in total. The average Bonchev–Trinajstić information content (AvgIpc) is 2.91. The van der Waals surface area contributed by atoms with Crippen molar-refractivity contribution in [1.29, 1.82) is 0 Å². The minimum absolute atomic E-state index is 0.0745. The fraction of sp³-hybridized carbons (Fsp3) is 0.929. The first-order valence-corrected chi connectivity index (χ1v) is 7.31. The maximum Gasteiger partial charge on any atom is 0.317 e. The van der Waals surface area contributed by atoms with Crippen molar-refractivity contribution in [3.05, 3.63) is 0 Å². The smallest absolute Gasteiger partial charge is 0.317 e. The number of nitrogens with one attached hydrogen (secondary N) is 1. The zero-order chi connectivity index (χ0) is 13.0. The molecule has 0 aromatic heterocycles. The maximum absolute atomic E-state index is 12.1. The van der Waals surface area contributed by atoms with Crippen molar-refractivity contribution in [3.8, 4) is 0 Å². The Morgan fingerprint density at radius 2 is 2.00 bits per heavy atom. The Morgan fingerprint density at radius 3 is 2.56 bits per heavy atom. The van der Waals surface area contributed by atoms with Crippen molar-refractivity contribution >= 4 is 6.03 Å². The summed E-state index contributed by atoms with van der Waals surface area (Å²) in [5, 5.41) is 3.06. The molecule has 2 fully saturated rings. The van der Waals surface area contributed by atoms with Gasteiger partial charge in [0.05, 0.1) is 12.6 Å². The van der Waals surface area contributed by atoms with Crippen LogP contribution in [0.5, 0.6) is 0 Å². The van der Waals surface area contributed by atoms with Gasteiger partial charge in [-0.05, 0) is 38.0 Å². The molecule has 1 unspecified atom stereocenters. The zero-order valence-corrected chi connectivity index (χ0v) is 11.7. The summed E-state index contributed by atoms with van der Waals surface area (Å²) in [5.41, 5.74) is 0. The molecule has 2 amide bonds. The number of hydrogen-bond acceptors (Lipinski definition) is 2. The molecule has 1 aliphatic heterocycles. The van der Waals surface area contributed by atoms with E-state index in [2.05, 4.69) is 12.2 Å². The monoisotopic (exact) mass is 254 g/mol. The Labute approximate surface area is 110 Å². The highest BCUT2D eigenvalue weighted by atomic mass is 16.5. The molecule has 0 aromatic rings. The number of rotatable bonds is 3. The van der Waals surface area contributed by atoms with Crippen LogP contribution in [-0.2, 0) is 4.74 Å². The Morgan fingerprint density at radius 1 is 1.28 bits per heavy atom. The third-order valence-corrected chi connectivity index (χ3v) is 4.52. The van der Waals surface area contributed by atoms with Gasteiger partial charge in [-0.2, -0.15) is 0 Å². The van der Waals surface area contributed by atoms with E-state index in [0.717, 1.165) is 31.8 Å². The van der Waals surface area contributed by atoms with Gasteiger partial charge in [-0.1, -0.05) is 13.3 Å². The lowest BCUT2D eigenvalue weighted by atomic mass is 9.84. The van der Waals surface area contributed by atoms with Crippen LogP contribution in [-0.4, -0.2) is 43.3 Å². The molecule has 0 radical (unpaired) electrons. The molecule has 1 heterocycles. The summed E-state index contributed by atoms with van der Waals surface area (Å²) in [7, 11) is 1.93. The molecular formula is C14H26N2O2. The molecule has 4 nitrogen and oxygen atoms in total. The first-order chi connectivity index (χ1) is 8.70. The van der Waals surface area contributed by atoms with Crippen LogP contribution in [0.25, 0.3) is 0 Å². The van der Waals surface area contributed by atoms with Crippen LogP contribution in [0.2, 0.25) is 0 Å². The van der Waals surface area contributed by atoms with E-state index in [-0.39, 0.29) is 12.1 Å². The second-order valence-electron chi connectivity index (χ2n) is 5.70. The summed E-state index contributed by atoms with van der Waals surface area (Å²) in [5.74, 6) is 0.876. The minimum atomic E-state index is 0.0745. The van der Waals surface area contributed by atoms with E-state index in [1.54, 1.807) is 0 Å². The van der Waals surface area contributed by atoms with E-state index in [1.165, 1.54) is 19.3 Å². The van der Waals surface area contributed by atoms with E-state index in [1.807, 2.05) is 11.9 Å². The van der Waals surface area contributed by atoms with E-state index in [4.69, 9.17) is 4.74 Å². The highest BCUT2D eigenvalue weighted by Gasteiger charge is 2.27. The van der Waals surface area contributed by atoms with E-state index >= 15 is 0 Å². The molecule has 0 aromatic carbocycles. The van der Waals surface area contributed by atoms with Crippen LogP contribution < -0.4 is 5.32 Å². The summed E-state index contributed by atoms with van der Waals surface area (Å²) >= 11 is 0. The molecule has 104 valence electrons. The lowest BCUT2D eigenvalue weighted by Crippen LogP contribution is -2.48. The van der Waals surface area contributed by atoms with Gasteiger partial charge in [0.1, 0.15) is 0 Å². The number of carbonyl (C=O) groups is 1. The fourth-order valence-electron chi connectivity index (χ4n) is 3.03. The van der Waals surface area contributed by atoms with Gasteiger partial charge in [-0.25, -0.2) is 4.79 Å². The molecule has 0 spiro atoms. The standard InChI is InChI=1S/C14H26N2O2/c1-3-11-4-6-13(7-5-11)16(2)14(17)15-12-8-9-18-10-12/h11-13H,3-10H2,1-2H3,(H,15,17). The van der Waals surface area contributed by atoms with Crippen molar-refractivity contribution < 1.29 is 9.53 Å². The van der Waals surface area contributed by atoms with Gasteiger partial charge in [0.2, 0.25) is 0 Å². The van der Waals surface area contributed by atoms with E-state index in [0.29, 0.717) is 12.6 Å².